The number of hydrogen-bond donors (Lipinski definition) is 2. The van der Waals surface area contributed by atoms with Crippen molar-refractivity contribution in [3.8, 4) is 0 Å². The zero-order valence-electron chi connectivity index (χ0n) is 15.4. The standard InChI is InChI=1S/C21H25N3O2/c1-23(2)15-19(16-7-4-3-5-8-16)22-21(26)17-10-12-18(13-11-17)24-14-6-9-20(24)25/h3-5,7-8,10-13,19H,6,9,14-15H2,1-2H3,(H,22,26)/p+1/t19-/m0/s1. The van der Waals surface area contributed by atoms with Crippen LogP contribution in [0.4, 0.5) is 5.69 Å². The molecule has 0 spiro atoms. The van der Waals surface area contributed by atoms with Crippen LogP contribution < -0.4 is 15.1 Å². The van der Waals surface area contributed by atoms with Crippen LogP contribution in [0.5, 0.6) is 0 Å². The van der Waals surface area contributed by atoms with Crippen molar-refractivity contribution >= 4 is 17.5 Å². The number of nitrogens with zero attached hydrogens (tertiary/aromatic N) is 1. The molecule has 2 aromatic carbocycles. The number of rotatable bonds is 6. The van der Waals surface area contributed by atoms with Gasteiger partial charge in [-0.3, -0.25) is 9.59 Å². The summed E-state index contributed by atoms with van der Waals surface area (Å²) in [5, 5.41) is 3.14. The normalized spacial score (nSPS) is 15.3. The number of hydrogen-bond acceptors (Lipinski definition) is 2. The third-order valence-electron chi connectivity index (χ3n) is 4.63. The van der Waals surface area contributed by atoms with Crippen molar-refractivity contribution in [1.82, 2.24) is 5.32 Å². The van der Waals surface area contributed by atoms with Crippen LogP contribution in [0, 0.1) is 0 Å². The van der Waals surface area contributed by atoms with Crippen molar-refractivity contribution in [2.75, 3.05) is 32.1 Å². The second-order valence-electron chi connectivity index (χ2n) is 7.04. The van der Waals surface area contributed by atoms with Gasteiger partial charge in [-0.2, -0.15) is 0 Å². The predicted octanol–water partition coefficient (Wildman–Crippen LogP) is 1.43. The van der Waals surface area contributed by atoms with Crippen LogP contribution in [0.15, 0.2) is 54.6 Å². The van der Waals surface area contributed by atoms with E-state index in [-0.39, 0.29) is 17.9 Å². The van der Waals surface area contributed by atoms with E-state index >= 15 is 0 Å². The molecule has 5 heteroatoms. The van der Waals surface area contributed by atoms with Crippen molar-refractivity contribution in [3.05, 3.63) is 65.7 Å². The van der Waals surface area contributed by atoms with E-state index in [2.05, 4.69) is 19.4 Å². The molecule has 0 bridgehead atoms. The van der Waals surface area contributed by atoms with Crippen LogP contribution in [0.25, 0.3) is 0 Å². The topological polar surface area (TPSA) is 53.9 Å². The monoisotopic (exact) mass is 352 g/mol. The van der Waals surface area contributed by atoms with E-state index < -0.39 is 0 Å². The highest BCUT2D eigenvalue weighted by molar-refractivity contribution is 5.97. The van der Waals surface area contributed by atoms with Gasteiger partial charge in [0.05, 0.1) is 14.1 Å². The first kappa shape index (κ1) is 18.1. The lowest BCUT2D eigenvalue weighted by Gasteiger charge is -2.21. The molecule has 1 aliphatic heterocycles. The summed E-state index contributed by atoms with van der Waals surface area (Å²) in [5.74, 6) is 0.0553. The highest BCUT2D eigenvalue weighted by Crippen LogP contribution is 2.22. The molecule has 2 aromatic rings. The molecule has 1 heterocycles. The van der Waals surface area contributed by atoms with Gasteiger partial charge in [-0.15, -0.1) is 0 Å². The van der Waals surface area contributed by atoms with Gasteiger partial charge in [0.25, 0.3) is 5.91 Å². The molecule has 0 aromatic heterocycles. The quantitative estimate of drug-likeness (QED) is 0.826. The summed E-state index contributed by atoms with van der Waals surface area (Å²) >= 11 is 0. The smallest absolute Gasteiger partial charge is 0.251 e. The van der Waals surface area contributed by atoms with E-state index in [1.165, 1.54) is 4.90 Å². The number of anilines is 1. The molecule has 0 radical (unpaired) electrons. The van der Waals surface area contributed by atoms with E-state index in [1.807, 2.05) is 42.5 Å². The lowest BCUT2D eigenvalue weighted by atomic mass is 10.1. The van der Waals surface area contributed by atoms with Crippen molar-refractivity contribution in [1.29, 1.82) is 0 Å². The maximum atomic E-state index is 12.7. The Kier molecular flexibility index (Phi) is 5.68. The molecule has 1 atom stereocenters. The molecule has 1 aliphatic rings. The van der Waals surface area contributed by atoms with E-state index in [4.69, 9.17) is 0 Å². The molecular formula is C21H26N3O2+. The molecule has 0 saturated carbocycles. The van der Waals surface area contributed by atoms with Gasteiger partial charge in [-0.1, -0.05) is 30.3 Å². The minimum atomic E-state index is -0.0978. The summed E-state index contributed by atoms with van der Waals surface area (Å²) in [5.41, 5.74) is 2.57. The third kappa shape index (κ3) is 4.29. The zero-order valence-corrected chi connectivity index (χ0v) is 15.4. The molecule has 2 N–H and O–H groups in total. The predicted molar refractivity (Wildman–Crippen MR) is 102 cm³/mol. The third-order valence-corrected chi connectivity index (χ3v) is 4.63. The van der Waals surface area contributed by atoms with E-state index in [9.17, 15) is 9.59 Å². The lowest BCUT2D eigenvalue weighted by Crippen LogP contribution is -3.06. The highest BCUT2D eigenvalue weighted by atomic mass is 16.2. The van der Waals surface area contributed by atoms with Gasteiger partial charge in [-0.25, -0.2) is 0 Å². The summed E-state index contributed by atoms with van der Waals surface area (Å²) in [7, 11) is 4.15. The fourth-order valence-corrected chi connectivity index (χ4v) is 3.30. The fourth-order valence-electron chi connectivity index (χ4n) is 3.30. The van der Waals surface area contributed by atoms with Gasteiger partial charge in [0.1, 0.15) is 12.6 Å². The van der Waals surface area contributed by atoms with Crippen LogP contribution in [-0.4, -0.2) is 39.0 Å². The zero-order chi connectivity index (χ0) is 18.5. The second kappa shape index (κ2) is 8.15. The SMILES string of the molecule is C[NH+](C)C[C@H](NC(=O)c1ccc(N2CCCC2=O)cc1)c1ccccc1. The minimum Gasteiger partial charge on any atom is -0.340 e. The number of quaternary nitrogens is 1. The summed E-state index contributed by atoms with van der Waals surface area (Å²) < 4.78 is 0. The molecular weight excluding hydrogens is 326 g/mol. The Labute approximate surface area is 154 Å². The highest BCUT2D eigenvalue weighted by Gasteiger charge is 2.22. The molecule has 1 fully saturated rings. The van der Waals surface area contributed by atoms with Gasteiger partial charge in [0.15, 0.2) is 0 Å². The first-order valence-electron chi connectivity index (χ1n) is 9.10. The molecule has 0 unspecified atom stereocenters. The number of likely N-dealkylation sites (N-methyl/N-ethyl adjacent to an activating group) is 1. The van der Waals surface area contributed by atoms with Crippen LogP contribution in [0.1, 0.15) is 34.8 Å². The Hall–Kier alpha value is -2.66. The van der Waals surface area contributed by atoms with Crippen molar-refractivity contribution < 1.29 is 14.5 Å². The summed E-state index contributed by atoms with van der Waals surface area (Å²) in [6.45, 7) is 1.56. The summed E-state index contributed by atoms with van der Waals surface area (Å²) in [6, 6.07) is 17.3. The molecule has 136 valence electrons. The van der Waals surface area contributed by atoms with Crippen molar-refractivity contribution in [3.63, 3.8) is 0 Å². The summed E-state index contributed by atoms with van der Waals surface area (Å²) in [6.07, 6.45) is 1.50. The number of nitrogens with one attached hydrogen (secondary N) is 2. The molecule has 0 aliphatic carbocycles. The summed E-state index contributed by atoms with van der Waals surface area (Å²) in [4.78, 5) is 27.6. The minimum absolute atomic E-state index is 0.0477. The number of carbonyl (C=O) groups is 2. The van der Waals surface area contributed by atoms with Crippen LogP contribution in [0.3, 0.4) is 0 Å². The Morgan fingerprint density at radius 3 is 2.38 bits per heavy atom. The van der Waals surface area contributed by atoms with Crippen LogP contribution >= 0.6 is 0 Å². The van der Waals surface area contributed by atoms with Crippen molar-refractivity contribution in [2.45, 2.75) is 18.9 Å². The lowest BCUT2D eigenvalue weighted by molar-refractivity contribution is -0.860. The molecule has 1 saturated heterocycles. The number of amides is 2. The van der Waals surface area contributed by atoms with Gasteiger partial charge in [0.2, 0.25) is 5.91 Å². The average molecular weight is 352 g/mol. The molecule has 2 amide bonds. The Morgan fingerprint density at radius 1 is 1.12 bits per heavy atom. The Morgan fingerprint density at radius 2 is 1.81 bits per heavy atom. The first-order chi connectivity index (χ1) is 12.5. The van der Waals surface area contributed by atoms with Gasteiger partial charge in [0, 0.05) is 24.2 Å². The Bertz CT molecular complexity index is 757. The van der Waals surface area contributed by atoms with E-state index in [1.54, 1.807) is 17.0 Å². The van der Waals surface area contributed by atoms with Crippen molar-refractivity contribution in [2.24, 2.45) is 0 Å². The van der Waals surface area contributed by atoms with Gasteiger partial charge >= 0.3 is 0 Å². The maximum absolute atomic E-state index is 12.7. The second-order valence-corrected chi connectivity index (χ2v) is 7.04. The number of carbonyl (C=O) groups excluding carboxylic acids is 2. The van der Waals surface area contributed by atoms with Gasteiger partial charge < -0.3 is 15.1 Å². The van der Waals surface area contributed by atoms with E-state index in [0.717, 1.165) is 30.8 Å². The van der Waals surface area contributed by atoms with E-state index in [0.29, 0.717) is 12.0 Å². The first-order valence-corrected chi connectivity index (χ1v) is 9.10. The molecule has 3 rings (SSSR count). The Balaban J connectivity index is 1.72. The molecule has 5 nitrogen and oxygen atoms in total. The molecule has 26 heavy (non-hydrogen) atoms. The largest absolute Gasteiger partial charge is 0.340 e. The van der Waals surface area contributed by atoms with Crippen LogP contribution in [0.2, 0.25) is 0 Å². The average Bonchev–Trinajstić information content (AvgIpc) is 3.07. The fraction of sp³-hybridized carbons (Fsp3) is 0.333. The maximum Gasteiger partial charge on any atom is 0.251 e. The van der Waals surface area contributed by atoms with Crippen LogP contribution in [-0.2, 0) is 4.79 Å². The van der Waals surface area contributed by atoms with Gasteiger partial charge in [-0.05, 0) is 36.2 Å². The number of benzene rings is 2.